The van der Waals surface area contributed by atoms with Crippen LogP contribution >= 0.6 is 0 Å². The smallest absolute Gasteiger partial charge is 0.127 e. The molecule has 1 aliphatic carbocycles. The first-order valence-electron chi connectivity index (χ1n) is 6.34. The molecule has 0 saturated carbocycles. The predicted octanol–water partition coefficient (Wildman–Crippen LogP) is 4.04. The third kappa shape index (κ3) is 1.46. The molecule has 1 nitrogen and oxygen atoms in total. The molecule has 0 N–H and O–H groups in total. The SMILES string of the molecule is CCCCC1CC2=C1c1ccccc1OC2. The number of unbranched alkanes of at least 4 members (excludes halogenated alkanes) is 1. The Kier molecular flexibility index (Phi) is 2.47. The van der Waals surface area contributed by atoms with Gasteiger partial charge in [-0.3, -0.25) is 0 Å². The normalized spacial score (nSPS) is 21.9. The van der Waals surface area contributed by atoms with E-state index in [9.17, 15) is 0 Å². The second-order valence-corrected chi connectivity index (χ2v) is 4.85. The molecule has 1 aromatic rings. The van der Waals surface area contributed by atoms with Crippen LogP contribution in [0, 0.1) is 5.92 Å². The van der Waals surface area contributed by atoms with Gasteiger partial charge in [-0.2, -0.15) is 0 Å². The fourth-order valence-electron chi connectivity index (χ4n) is 2.89. The fraction of sp³-hybridized carbons (Fsp3) is 0.467. The molecular weight excluding hydrogens is 196 g/mol. The van der Waals surface area contributed by atoms with Crippen molar-refractivity contribution < 1.29 is 4.74 Å². The molecule has 1 aromatic carbocycles. The van der Waals surface area contributed by atoms with Crippen molar-refractivity contribution in [3.8, 4) is 5.75 Å². The molecule has 3 rings (SSSR count). The zero-order valence-corrected chi connectivity index (χ0v) is 9.83. The van der Waals surface area contributed by atoms with Gasteiger partial charge in [0, 0.05) is 5.56 Å². The Labute approximate surface area is 97.1 Å². The summed E-state index contributed by atoms with van der Waals surface area (Å²) in [5.74, 6) is 1.89. The third-order valence-corrected chi connectivity index (χ3v) is 3.77. The maximum absolute atomic E-state index is 5.75. The molecule has 0 saturated heterocycles. The highest BCUT2D eigenvalue weighted by Crippen LogP contribution is 2.49. The van der Waals surface area contributed by atoms with Crippen LogP contribution in [0.3, 0.4) is 0 Å². The van der Waals surface area contributed by atoms with Gasteiger partial charge in [0.1, 0.15) is 12.4 Å². The van der Waals surface area contributed by atoms with Crippen LogP contribution in [0.15, 0.2) is 29.8 Å². The number of rotatable bonds is 3. The van der Waals surface area contributed by atoms with Crippen molar-refractivity contribution in [2.24, 2.45) is 5.92 Å². The molecule has 0 radical (unpaired) electrons. The lowest BCUT2D eigenvalue weighted by molar-refractivity contribution is 0.318. The van der Waals surface area contributed by atoms with Crippen LogP contribution in [0.2, 0.25) is 0 Å². The van der Waals surface area contributed by atoms with E-state index in [1.165, 1.54) is 31.2 Å². The molecule has 1 atom stereocenters. The topological polar surface area (TPSA) is 9.23 Å². The monoisotopic (exact) mass is 214 g/mol. The first-order chi connectivity index (χ1) is 7.90. The molecular formula is C15H18O. The molecule has 0 aromatic heterocycles. The minimum Gasteiger partial charge on any atom is -0.489 e. The summed E-state index contributed by atoms with van der Waals surface area (Å²) in [6.45, 7) is 3.10. The largest absolute Gasteiger partial charge is 0.489 e. The first-order valence-corrected chi connectivity index (χ1v) is 6.34. The van der Waals surface area contributed by atoms with Crippen molar-refractivity contribution in [2.45, 2.75) is 32.6 Å². The maximum Gasteiger partial charge on any atom is 0.127 e. The first kappa shape index (κ1) is 9.95. The van der Waals surface area contributed by atoms with Crippen molar-refractivity contribution in [3.05, 3.63) is 35.4 Å². The fourth-order valence-corrected chi connectivity index (χ4v) is 2.89. The zero-order chi connectivity index (χ0) is 11.0. The molecule has 1 heterocycles. The summed E-state index contributed by atoms with van der Waals surface area (Å²) >= 11 is 0. The molecule has 0 bridgehead atoms. The number of allylic oxidation sites excluding steroid dienone is 1. The number of fused-ring (bicyclic) bond motifs is 2. The highest BCUT2D eigenvalue weighted by atomic mass is 16.5. The molecule has 0 spiro atoms. The average molecular weight is 214 g/mol. The summed E-state index contributed by atoms with van der Waals surface area (Å²) in [6.07, 6.45) is 5.27. The van der Waals surface area contributed by atoms with E-state index in [0.29, 0.717) is 0 Å². The van der Waals surface area contributed by atoms with Gasteiger partial charge in [0.05, 0.1) is 0 Å². The molecule has 16 heavy (non-hydrogen) atoms. The molecule has 0 amide bonds. The zero-order valence-electron chi connectivity index (χ0n) is 9.83. The Morgan fingerprint density at radius 1 is 1.31 bits per heavy atom. The van der Waals surface area contributed by atoms with Gasteiger partial charge >= 0.3 is 0 Å². The molecule has 1 heteroatoms. The van der Waals surface area contributed by atoms with Crippen molar-refractivity contribution >= 4 is 5.57 Å². The van der Waals surface area contributed by atoms with Gasteiger partial charge < -0.3 is 4.74 Å². The van der Waals surface area contributed by atoms with Gasteiger partial charge in [-0.15, -0.1) is 0 Å². The summed E-state index contributed by atoms with van der Waals surface area (Å²) in [4.78, 5) is 0. The summed E-state index contributed by atoms with van der Waals surface area (Å²) in [7, 11) is 0. The third-order valence-electron chi connectivity index (χ3n) is 3.77. The molecule has 2 aliphatic rings. The lowest BCUT2D eigenvalue weighted by Gasteiger charge is -2.38. The van der Waals surface area contributed by atoms with Crippen LogP contribution in [-0.2, 0) is 0 Å². The van der Waals surface area contributed by atoms with Crippen LogP contribution < -0.4 is 4.74 Å². The molecule has 84 valence electrons. The number of benzene rings is 1. The number of hydrogen-bond donors (Lipinski definition) is 0. The van der Waals surface area contributed by atoms with E-state index in [1.54, 1.807) is 11.1 Å². The van der Waals surface area contributed by atoms with E-state index in [4.69, 9.17) is 4.74 Å². The lowest BCUT2D eigenvalue weighted by atomic mass is 9.71. The Bertz CT molecular complexity index is 431. The van der Waals surface area contributed by atoms with Crippen LogP contribution in [0.25, 0.3) is 5.57 Å². The Morgan fingerprint density at radius 2 is 2.19 bits per heavy atom. The lowest BCUT2D eigenvalue weighted by Crippen LogP contribution is -2.25. The van der Waals surface area contributed by atoms with Gasteiger partial charge in [0.15, 0.2) is 0 Å². The quantitative estimate of drug-likeness (QED) is 0.737. The van der Waals surface area contributed by atoms with Crippen LogP contribution in [-0.4, -0.2) is 6.61 Å². The molecule has 1 aliphatic heterocycles. The van der Waals surface area contributed by atoms with E-state index in [2.05, 4.69) is 31.2 Å². The van der Waals surface area contributed by atoms with Gasteiger partial charge in [-0.25, -0.2) is 0 Å². The minimum absolute atomic E-state index is 0.806. The van der Waals surface area contributed by atoms with Gasteiger partial charge in [-0.1, -0.05) is 38.0 Å². The summed E-state index contributed by atoms with van der Waals surface area (Å²) in [6, 6.07) is 8.48. The number of para-hydroxylation sites is 1. The van der Waals surface area contributed by atoms with E-state index < -0.39 is 0 Å². The predicted molar refractivity (Wildman–Crippen MR) is 66.5 cm³/mol. The van der Waals surface area contributed by atoms with Crippen molar-refractivity contribution in [2.75, 3.05) is 6.61 Å². The van der Waals surface area contributed by atoms with E-state index in [0.717, 1.165) is 18.3 Å². The maximum atomic E-state index is 5.75. The summed E-state index contributed by atoms with van der Waals surface area (Å²) in [5, 5.41) is 0. The number of ether oxygens (including phenoxy) is 1. The van der Waals surface area contributed by atoms with Crippen LogP contribution in [0.1, 0.15) is 38.2 Å². The van der Waals surface area contributed by atoms with Crippen LogP contribution in [0.4, 0.5) is 0 Å². The molecule has 0 fully saturated rings. The van der Waals surface area contributed by atoms with E-state index >= 15 is 0 Å². The number of hydrogen-bond acceptors (Lipinski definition) is 1. The van der Waals surface area contributed by atoms with Crippen molar-refractivity contribution in [1.29, 1.82) is 0 Å². The Balaban J connectivity index is 1.88. The van der Waals surface area contributed by atoms with E-state index in [1.807, 2.05) is 0 Å². The second-order valence-electron chi connectivity index (χ2n) is 4.85. The average Bonchev–Trinajstić information content (AvgIpc) is 2.29. The summed E-state index contributed by atoms with van der Waals surface area (Å²) in [5.41, 5.74) is 4.51. The highest BCUT2D eigenvalue weighted by Gasteiger charge is 2.34. The van der Waals surface area contributed by atoms with Crippen molar-refractivity contribution in [1.82, 2.24) is 0 Å². The standard InChI is InChI=1S/C15H18O/c1-2-3-6-11-9-12-10-16-14-8-5-4-7-13(14)15(11)12/h4-5,7-8,11H,2-3,6,9-10H2,1H3. The van der Waals surface area contributed by atoms with Gasteiger partial charge in [0.25, 0.3) is 0 Å². The highest BCUT2D eigenvalue weighted by molar-refractivity contribution is 5.80. The Hall–Kier alpha value is -1.24. The van der Waals surface area contributed by atoms with Gasteiger partial charge in [0.2, 0.25) is 0 Å². The van der Waals surface area contributed by atoms with Gasteiger partial charge in [-0.05, 0) is 36.0 Å². The van der Waals surface area contributed by atoms with E-state index in [-0.39, 0.29) is 0 Å². The second kappa shape index (κ2) is 3.97. The molecule has 1 unspecified atom stereocenters. The van der Waals surface area contributed by atoms with Crippen molar-refractivity contribution in [3.63, 3.8) is 0 Å². The Morgan fingerprint density at radius 3 is 3.06 bits per heavy atom. The minimum atomic E-state index is 0.806. The summed E-state index contributed by atoms with van der Waals surface area (Å²) < 4.78 is 5.75. The van der Waals surface area contributed by atoms with Crippen LogP contribution in [0.5, 0.6) is 5.75 Å².